The van der Waals surface area contributed by atoms with E-state index < -0.39 is 0 Å². The molecule has 0 spiro atoms. The van der Waals surface area contributed by atoms with Crippen molar-refractivity contribution < 1.29 is 14.3 Å². The molecule has 0 aromatic heterocycles. The number of aryl methyl sites for hydroxylation is 1. The average molecular weight is 416 g/mol. The number of piperazine rings is 1. The second-order valence-electron chi connectivity index (χ2n) is 7.08. The fourth-order valence-corrected chi connectivity index (χ4v) is 3.39. The molecule has 0 atom stereocenters. The lowest BCUT2D eigenvalue weighted by Gasteiger charge is -2.28. The number of hydrogen-bond acceptors (Lipinski definition) is 4. The Bertz CT molecular complexity index is 855. The summed E-state index contributed by atoms with van der Waals surface area (Å²) < 4.78 is 5.71. The zero-order chi connectivity index (χ0) is 20.6. The first-order valence-corrected chi connectivity index (χ1v) is 10.2. The summed E-state index contributed by atoms with van der Waals surface area (Å²) in [4.78, 5) is 25.6. The van der Waals surface area contributed by atoms with Crippen LogP contribution in [0.25, 0.3) is 0 Å². The average Bonchev–Trinajstić information content (AvgIpc) is 2.71. The van der Waals surface area contributed by atoms with E-state index in [-0.39, 0.29) is 11.8 Å². The van der Waals surface area contributed by atoms with Gasteiger partial charge in [-0.25, -0.2) is 0 Å². The topological polar surface area (TPSA) is 70.7 Å². The number of amides is 2. The minimum atomic E-state index is -0.00166. The fraction of sp³-hybridized carbons (Fsp3) is 0.364. The van der Waals surface area contributed by atoms with Gasteiger partial charge in [-0.3, -0.25) is 9.59 Å². The first-order chi connectivity index (χ1) is 14.0. The highest BCUT2D eigenvalue weighted by Crippen LogP contribution is 2.22. The van der Waals surface area contributed by atoms with E-state index in [2.05, 4.69) is 10.6 Å². The Hall–Kier alpha value is -2.73. The molecule has 1 fully saturated rings. The molecule has 0 saturated carbocycles. The van der Waals surface area contributed by atoms with Crippen molar-refractivity contribution in [3.8, 4) is 5.75 Å². The predicted octanol–water partition coefficient (Wildman–Crippen LogP) is 3.06. The molecule has 154 valence electrons. The molecule has 2 aromatic carbocycles. The number of anilines is 1. The maximum Gasteiger partial charge on any atom is 0.239 e. The van der Waals surface area contributed by atoms with Gasteiger partial charge >= 0.3 is 0 Å². The lowest BCUT2D eigenvalue weighted by atomic mass is 10.1. The highest BCUT2D eigenvalue weighted by atomic mass is 35.5. The van der Waals surface area contributed by atoms with Crippen LogP contribution in [0.1, 0.15) is 24.0 Å². The zero-order valence-electron chi connectivity index (χ0n) is 16.5. The van der Waals surface area contributed by atoms with Gasteiger partial charge in [-0.1, -0.05) is 23.7 Å². The number of rotatable bonds is 8. The van der Waals surface area contributed by atoms with Crippen LogP contribution in [-0.4, -0.2) is 38.1 Å². The fourth-order valence-electron chi connectivity index (χ4n) is 3.16. The zero-order valence-corrected chi connectivity index (χ0v) is 17.3. The Labute approximate surface area is 176 Å². The van der Waals surface area contributed by atoms with Crippen LogP contribution in [0.2, 0.25) is 5.02 Å². The summed E-state index contributed by atoms with van der Waals surface area (Å²) in [6.45, 7) is 4.76. The van der Waals surface area contributed by atoms with Gasteiger partial charge < -0.3 is 20.3 Å². The van der Waals surface area contributed by atoms with E-state index in [0.717, 1.165) is 29.1 Å². The van der Waals surface area contributed by atoms with Crippen LogP contribution >= 0.6 is 11.6 Å². The maximum atomic E-state index is 12.1. The number of hydrogen-bond donors (Lipinski definition) is 2. The highest BCUT2D eigenvalue weighted by molar-refractivity contribution is 6.30. The van der Waals surface area contributed by atoms with Crippen LogP contribution in [0, 0.1) is 6.92 Å². The van der Waals surface area contributed by atoms with Crippen LogP contribution < -0.4 is 20.3 Å². The molecule has 2 N–H and O–H groups in total. The van der Waals surface area contributed by atoms with Crippen molar-refractivity contribution in [3.63, 3.8) is 0 Å². The number of nitrogens with one attached hydrogen (secondary N) is 2. The van der Waals surface area contributed by atoms with Crippen LogP contribution in [0.15, 0.2) is 42.5 Å². The second kappa shape index (κ2) is 10.2. The van der Waals surface area contributed by atoms with Gasteiger partial charge in [0.1, 0.15) is 5.75 Å². The van der Waals surface area contributed by atoms with Gasteiger partial charge in [0.15, 0.2) is 0 Å². The van der Waals surface area contributed by atoms with Crippen LogP contribution in [0.4, 0.5) is 5.69 Å². The molecule has 0 aliphatic carbocycles. The third kappa shape index (κ3) is 6.39. The van der Waals surface area contributed by atoms with E-state index >= 15 is 0 Å². The minimum Gasteiger partial charge on any atom is -0.493 e. The van der Waals surface area contributed by atoms with Crippen molar-refractivity contribution in [2.45, 2.75) is 26.3 Å². The Balaban J connectivity index is 1.36. The van der Waals surface area contributed by atoms with Crippen molar-refractivity contribution in [1.82, 2.24) is 10.6 Å². The third-order valence-electron chi connectivity index (χ3n) is 4.77. The van der Waals surface area contributed by atoms with Gasteiger partial charge in [-0.15, -0.1) is 0 Å². The molecule has 0 bridgehead atoms. The minimum absolute atomic E-state index is 0.00166. The Morgan fingerprint density at radius 2 is 2.03 bits per heavy atom. The van der Waals surface area contributed by atoms with Crippen molar-refractivity contribution in [2.75, 3.05) is 31.1 Å². The molecule has 2 amide bonds. The SMILES string of the molecule is Cc1cc(Cl)ccc1OCCCC(=O)NCc1ccc(N2CCNC(=O)C2)cc1. The van der Waals surface area contributed by atoms with Crippen LogP contribution in [-0.2, 0) is 16.1 Å². The van der Waals surface area contributed by atoms with Gasteiger partial charge in [0.25, 0.3) is 0 Å². The molecule has 1 heterocycles. The molecule has 2 aromatic rings. The number of carbonyl (C=O) groups excluding carboxylic acids is 2. The molecule has 29 heavy (non-hydrogen) atoms. The monoisotopic (exact) mass is 415 g/mol. The summed E-state index contributed by atoms with van der Waals surface area (Å²) in [5, 5.41) is 6.44. The standard InChI is InChI=1S/C22H26ClN3O3/c1-16-13-18(23)6-9-20(16)29-12-2-3-21(27)25-14-17-4-7-19(8-5-17)26-11-10-24-22(28)15-26/h4-9,13H,2-3,10-12,14-15H2,1H3,(H,24,28)(H,25,27). The van der Waals surface area contributed by atoms with Gasteiger partial charge in [-0.05, 0) is 54.8 Å². The van der Waals surface area contributed by atoms with E-state index in [1.807, 2.05) is 48.2 Å². The number of benzene rings is 2. The molecule has 6 nitrogen and oxygen atoms in total. The molecule has 1 saturated heterocycles. The first-order valence-electron chi connectivity index (χ1n) is 9.77. The second-order valence-corrected chi connectivity index (χ2v) is 7.51. The summed E-state index contributed by atoms with van der Waals surface area (Å²) >= 11 is 5.93. The number of carbonyl (C=O) groups is 2. The Morgan fingerprint density at radius 3 is 2.76 bits per heavy atom. The van der Waals surface area contributed by atoms with E-state index in [9.17, 15) is 9.59 Å². The Kier molecular flexibility index (Phi) is 7.36. The van der Waals surface area contributed by atoms with Gasteiger partial charge in [0.2, 0.25) is 11.8 Å². The summed E-state index contributed by atoms with van der Waals surface area (Å²) in [7, 11) is 0. The first kappa shape index (κ1) is 21.0. The van der Waals surface area contributed by atoms with Crippen molar-refractivity contribution in [2.24, 2.45) is 0 Å². The molecular formula is C22H26ClN3O3. The summed E-state index contributed by atoms with van der Waals surface area (Å²) in [6.07, 6.45) is 1.05. The molecule has 1 aliphatic rings. The normalized spacial score (nSPS) is 13.7. The van der Waals surface area contributed by atoms with E-state index in [4.69, 9.17) is 16.3 Å². The molecule has 0 unspecified atom stereocenters. The summed E-state index contributed by atoms with van der Waals surface area (Å²) in [5.41, 5.74) is 3.02. The van der Waals surface area contributed by atoms with Gasteiger partial charge in [-0.2, -0.15) is 0 Å². The highest BCUT2D eigenvalue weighted by Gasteiger charge is 2.16. The van der Waals surface area contributed by atoms with E-state index in [1.165, 1.54) is 0 Å². The third-order valence-corrected chi connectivity index (χ3v) is 5.01. The Morgan fingerprint density at radius 1 is 1.24 bits per heavy atom. The van der Waals surface area contributed by atoms with E-state index in [0.29, 0.717) is 44.1 Å². The lowest BCUT2D eigenvalue weighted by molar-refractivity contribution is -0.121. The quantitative estimate of drug-likeness (QED) is 0.650. The van der Waals surface area contributed by atoms with Gasteiger partial charge in [0.05, 0.1) is 13.2 Å². The lowest BCUT2D eigenvalue weighted by Crippen LogP contribution is -2.47. The van der Waals surface area contributed by atoms with Gasteiger partial charge in [0, 0.05) is 36.8 Å². The number of ether oxygens (including phenoxy) is 1. The number of nitrogens with zero attached hydrogens (tertiary/aromatic N) is 1. The molecule has 3 rings (SSSR count). The maximum absolute atomic E-state index is 12.1. The van der Waals surface area contributed by atoms with E-state index in [1.54, 1.807) is 6.07 Å². The predicted molar refractivity (Wildman–Crippen MR) is 114 cm³/mol. The van der Waals surface area contributed by atoms with Crippen molar-refractivity contribution >= 4 is 29.1 Å². The number of halogens is 1. The van der Waals surface area contributed by atoms with Crippen LogP contribution in [0.5, 0.6) is 5.75 Å². The molecule has 0 radical (unpaired) electrons. The van der Waals surface area contributed by atoms with Crippen molar-refractivity contribution in [1.29, 1.82) is 0 Å². The summed E-state index contributed by atoms with van der Waals surface area (Å²) in [6, 6.07) is 13.4. The molecule has 7 heteroatoms. The van der Waals surface area contributed by atoms with Crippen LogP contribution in [0.3, 0.4) is 0 Å². The van der Waals surface area contributed by atoms with Crippen molar-refractivity contribution in [3.05, 3.63) is 58.6 Å². The molecular weight excluding hydrogens is 390 g/mol. The largest absolute Gasteiger partial charge is 0.493 e. The summed E-state index contributed by atoms with van der Waals surface area (Å²) in [5.74, 6) is 0.835. The smallest absolute Gasteiger partial charge is 0.239 e. The molecule has 1 aliphatic heterocycles.